The van der Waals surface area contributed by atoms with Gasteiger partial charge in [-0.3, -0.25) is 4.99 Å². The van der Waals surface area contributed by atoms with Crippen molar-refractivity contribution in [1.29, 1.82) is 0 Å². The Balaban J connectivity index is 2.14. The van der Waals surface area contributed by atoms with E-state index in [0.29, 0.717) is 0 Å². The van der Waals surface area contributed by atoms with E-state index >= 15 is 0 Å². The molecule has 1 aliphatic rings. The van der Waals surface area contributed by atoms with Crippen LogP contribution >= 0.6 is 11.6 Å². The number of amidine groups is 1. The summed E-state index contributed by atoms with van der Waals surface area (Å²) in [6.07, 6.45) is 0. The van der Waals surface area contributed by atoms with Gasteiger partial charge in [0, 0.05) is 18.6 Å². The third kappa shape index (κ3) is 2.44. The third-order valence-electron chi connectivity index (χ3n) is 3.81. The number of halogens is 1. The average molecular weight is 285 g/mol. The van der Waals surface area contributed by atoms with Crippen LogP contribution in [0.5, 0.6) is 0 Å². The number of nitrogens with zero attached hydrogens (tertiary/aromatic N) is 2. The Morgan fingerprint density at radius 1 is 1.10 bits per heavy atom. The molecule has 3 rings (SSSR count). The standard InChI is InChI=1S/C17H17ClN2/c1-12-19-17(13-7-9-15(18)10-8-13)16-6-4-3-5-14(16)11-20(12)2/h3-10,17H,11H2,1-2H3. The van der Waals surface area contributed by atoms with Crippen molar-refractivity contribution in [2.75, 3.05) is 7.05 Å². The molecular formula is C17H17ClN2. The summed E-state index contributed by atoms with van der Waals surface area (Å²) in [6.45, 7) is 2.96. The number of aliphatic imine (C=N–C) groups is 1. The third-order valence-corrected chi connectivity index (χ3v) is 4.06. The van der Waals surface area contributed by atoms with Crippen molar-refractivity contribution in [2.45, 2.75) is 19.5 Å². The van der Waals surface area contributed by atoms with Gasteiger partial charge in [0.25, 0.3) is 0 Å². The van der Waals surface area contributed by atoms with Gasteiger partial charge in [-0.15, -0.1) is 0 Å². The highest BCUT2D eigenvalue weighted by Gasteiger charge is 2.21. The average Bonchev–Trinajstić information content (AvgIpc) is 2.58. The SMILES string of the molecule is CC1=NC(c2ccc(Cl)cc2)c2ccccc2CN1C. The van der Waals surface area contributed by atoms with E-state index in [2.05, 4.69) is 55.3 Å². The van der Waals surface area contributed by atoms with E-state index in [1.165, 1.54) is 16.7 Å². The molecule has 0 fully saturated rings. The summed E-state index contributed by atoms with van der Waals surface area (Å²) in [4.78, 5) is 7.09. The van der Waals surface area contributed by atoms with E-state index in [4.69, 9.17) is 16.6 Å². The summed E-state index contributed by atoms with van der Waals surface area (Å²) in [5, 5.41) is 0.758. The molecule has 2 aromatic carbocycles. The van der Waals surface area contributed by atoms with E-state index in [0.717, 1.165) is 17.4 Å². The van der Waals surface area contributed by atoms with Gasteiger partial charge in [-0.25, -0.2) is 0 Å². The Morgan fingerprint density at radius 2 is 1.80 bits per heavy atom. The van der Waals surface area contributed by atoms with Gasteiger partial charge in [0.15, 0.2) is 0 Å². The molecule has 102 valence electrons. The summed E-state index contributed by atoms with van der Waals surface area (Å²) < 4.78 is 0. The van der Waals surface area contributed by atoms with Crippen molar-refractivity contribution < 1.29 is 0 Å². The first-order chi connectivity index (χ1) is 9.65. The molecule has 0 amide bonds. The van der Waals surface area contributed by atoms with Crippen molar-refractivity contribution >= 4 is 17.4 Å². The molecule has 0 aliphatic carbocycles. The van der Waals surface area contributed by atoms with Gasteiger partial charge in [0.05, 0.1) is 5.84 Å². The van der Waals surface area contributed by atoms with Gasteiger partial charge >= 0.3 is 0 Å². The number of rotatable bonds is 1. The molecule has 0 radical (unpaired) electrons. The minimum absolute atomic E-state index is 0.0495. The van der Waals surface area contributed by atoms with Crippen LogP contribution in [-0.4, -0.2) is 17.8 Å². The second kappa shape index (κ2) is 5.29. The highest BCUT2D eigenvalue weighted by Crippen LogP contribution is 2.32. The molecule has 1 atom stereocenters. The van der Waals surface area contributed by atoms with E-state index in [-0.39, 0.29) is 6.04 Å². The van der Waals surface area contributed by atoms with Crippen molar-refractivity contribution in [3.05, 3.63) is 70.2 Å². The van der Waals surface area contributed by atoms with E-state index < -0.39 is 0 Å². The quantitative estimate of drug-likeness (QED) is 0.762. The largest absolute Gasteiger partial charge is 0.359 e. The summed E-state index contributed by atoms with van der Waals surface area (Å²) in [7, 11) is 2.08. The number of fused-ring (bicyclic) bond motifs is 1. The fourth-order valence-electron chi connectivity index (χ4n) is 2.57. The van der Waals surface area contributed by atoms with Gasteiger partial charge in [0.2, 0.25) is 0 Å². The summed E-state index contributed by atoms with van der Waals surface area (Å²) >= 11 is 5.99. The van der Waals surface area contributed by atoms with Gasteiger partial charge in [0.1, 0.15) is 6.04 Å². The fraction of sp³-hybridized carbons (Fsp3) is 0.235. The van der Waals surface area contributed by atoms with Crippen molar-refractivity contribution in [1.82, 2.24) is 4.90 Å². The first-order valence-electron chi connectivity index (χ1n) is 6.74. The second-order valence-electron chi connectivity index (χ2n) is 5.19. The zero-order valence-corrected chi connectivity index (χ0v) is 12.4. The fourth-order valence-corrected chi connectivity index (χ4v) is 2.69. The zero-order valence-electron chi connectivity index (χ0n) is 11.7. The topological polar surface area (TPSA) is 15.6 Å². The van der Waals surface area contributed by atoms with Crippen molar-refractivity contribution in [2.24, 2.45) is 4.99 Å². The molecule has 0 saturated carbocycles. The molecule has 3 heteroatoms. The highest BCUT2D eigenvalue weighted by atomic mass is 35.5. The smallest absolute Gasteiger partial charge is 0.102 e. The molecular weight excluding hydrogens is 268 g/mol. The predicted octanol–water partition coefficient (Wildman–Crippen LogP) is 4.29. The first kappa shape index (κ1) is 13.2. The Morgan fingerprint density at radius 3 is 2.55 bits per heavy atom. The Kier molecular flexibility index (Phi) is 3.49. The second-order valence-corrected chi connectivity index (χ2v) is 5.62. The molecule has 1 heterocycles. The number of hydrogen-bond acceptors (Lipinski definition) is 2. The monoisotopic (exact) mass is 284 g/mol. The Labute approximate surface area is 124 Å². The van der Waals surface area contributed by atoms with Crippen molar-refractivity contribution in [3.8, 4) is 0 Å². The minimum atomic E-state index is 0.0495. The van der Waals surface area contributed by atoms with Crippen LogP contribution in [0.1, 0.15) is 29.7 Å². The maximum Gasteiger partial charge on any atom is 0.102 e. The lowest BCUT2D eigenvalue weighted by atomic mass is 9.95. The van der Waals surface area contributed by atoms with Gasteiger partial charge in [-0.2, -0.15) is 0 Å². The van der Waals surface area contributed by atoms with E-state index in [1.807, 2.05) is 12.1 Å². The summed E-state index contributed by atoms with van der Waals surface area (Å²) in [5.41, 5.74) is 3.78. The molecule has 0 spiro atoms. The Bertz CT molecular complexity index is 646. The van der Waals surface area contributed by atoms with Crippen LogP contribution < -0.4 is 0 Å². The molecule has 20 heavy (non-hydrogen) atoms. The summed E-state index contributed by atoms with van der Waals surface area (Å²) in [5.74, 6) is 1.06. The van der Waals surface area contributed by atoms with Crippen LogP contribution in [0.2, 0.25) is 5.02 Å². The van der Waals surface area contributed by atoms with Gasteiger partial charge < -0.3 is 4.90 Å². The van der Waals surface area contributed by atoms with Gasteiger partial charge in [-0.05, 0) is 35.7 Å². The number of hydrogen-bond donors (Lipinski definition) is 0. The zero-order chi connectivity index (χ0) is 14.1. The van der Waals surface area contributed by atoms with E-state index in [1.54, 1.807) is 0 Å². The molecule has 0 aromatic heterocycles. The highest BCUT2D eigenvalue weighted by molar-refractivity contribution is 6.30. The molecule has 2 aromatic rings. The normalized spacial score (nSPS) is 18.2. The van der Waals surface area contributed by atoms with Crippen LogP contribution in [0.3, 0.4) is 0 Å². The maximum atomic E-state index is 5.99. The van der Waals surface area contributed by atoms with Crippen LogP contribution in [0.4, 0.5) is 0 Å². The minimum Gasteiger partial charge on any atom is -0.359 e. The molecule has 0 bridgehead atoms. The van der Waals surface area contributed by atoms with Crippen LogP contribution in [0.15, 0.2) is 53.5 Å². The predicted molar refractivity (Wildman–Crippen MR) is 84.3 cm³/mol. The molecule has 2 nitrogen and oxygen atoms in total. The lowest BCUT2D eigenvalue weighted by molar-refractivity contribution is 0.500. The lowest BCUT2D eigenvalue weighted by Gasteiger charge is -2.16. The van der Waals surface area contributed by atoms with Crippen LogP contribution in [0, 0.1) is 0 Å². The van der Waals surface area contributed by atoms with Crippen molar-refractivity contribution in [3.63, 3.8) is 0 Å². The van der Waals surface area contributed by atoms with Crippen LogP contribution in [0.25, 0.3) is 0 Å². The number of benzene rings is 2. The molecule has 1 unspecified atom stereocenters. The van der Waals surface area contributed by atoms with Crippen LogP contribution in [-0.2, 0) is 6.54 Å². The first-order valence-corrected chi connectivity index (χ1v) is 7.12. The Hall–Kier alpha value is -1.80. The maximum absolute atomic E-state index is 5.99. The molecule has 0 saturated heterocycles. The molecule has 0 N–H and O–H groups in total. The lowest BCUT2D eigenvalue weighted by Crippen LogP contribution is -2.22. The molecule has 1 aliphatic heterocycles. The van der Waals surface area contributed by atoms with E-state index in [9.17, 15) is 0 Å². The summed E-state index contributed by atoms with van der Waals surface area (Å²) in [6, 6.07) is 16.6. The van der Waals surface area contributed by atoms with Gasteiger partial charge in [-0.1, -0.05) is 48.0 Å².